The number of rotatable bonds is 2. The number of carbonyl (C=O) groups is 1. The molecule has 13 heavy (non-hydrogen) atoms. The van der Waals surface area contributed by atoms with Gasteiger partial charge in [0.1, 0.15) is 6.04 Å². The van der Waals surface area contributed by atoms with Crippen molar-refractivity contribution in [1.82, 2.24) is 10.2 Å². The van der Waals surface area contributed by atoms with Gasteiger partial charge in [-0.2, -0.15) is 0 Å². The molecule has 0 amide bonds. The van der Waals surface area contributed by atoms with Crippen LogP contribution in [-0.2, 0) is 4.79 Å². The summed E-state index contributed by atoms with van der Waals surface area (Å²) in [6, 6.07) is 0.319. The summed E-state index contributed by atoms with van der Waals surface area (Å²) in [5, 5.41) is 12.2. The SMILES string of the molecule is CC1CN(C(C)C(=O)O)C(C)CN1. The average Bonchev–Trinajstić information content (AvgIpc) is 2.08. The van der Waals surface area contributed by atoms with Gasteiger partial charge in [0.25, 0.3) is 0 Å². The number of nitrogens with one attached hydrogen (secondary N) is 1. The number of carboxylic acids is 1. The second-order valence-electron chi connectivity index (χ2n) is 3.87. The lowest BCUT2D eigenvalue weighted by Gasteiger charge is -2.39. The lowest BCUT2D eigenvalue weighted by atomic mass is 10.1. The van der Waals surface area contributed by atoms with Crippen molar-refractivity contribution in [3.63, 3.8) is 0 Å². The van der Waals surface area contributed by atoms with E-state index in [2.05, 4.69) is 19.2 Å². The molecule has 0 aromatic carbocycles. The molecule has 0 bridgehead atoms. The maximum Gasteiger partial charge on any atom is 0.320 e. The summed E-state index contributed by atoms with van der Waals surface area (Å²) in [6.07, 6.45) is 0. The highest BCUT2D eigenvalue weighted by Crippen LogP contribution is 2.10. The molecule has 76 valence electrons. The van der Waals surface area contributed by atoms with Crippen molar-refractivity contribution < 1.29 is 9.90 Å². The van der Waals surface area contributed by atoms with Crippen molar-refractivity contribution >= 4 is 5.97 Å². The topological polar surface area (TPSA) is 52.6 Å². The molecule has 0 radical (unpaired) electrons. The molecule has 0 aromatic rings. The minimum atomic E-state index is -0.735. The molecule has 2 N–H and O–H groups in total. The van der Waals surface area contributed by atoms with E-state index < -0.39 is 5.97 Å². The lowest BCUT2D eigenvalue weighted by molar-refractivity contribution is -0.144. The molecule has 0 aliphatic carbocycles. The summed E-state index contributed by atoms with van der Waals surface area (Å²) in [5.41, 5.74) is 0. The van der Waals surface area contributed by atoms with Crippen LogP contribution in [-0.4, -0.2) is 47.2 Å². The summed E-state index contributed by atoms with van der Waals surface area (Å²) < 4.78 is 0. The van der Waals surface area contributed by atoms with E-state index >= 15 is 0 Å². The molecule has 1 heterocycles. The second kappa shape index (κ2) is 4.07. The highest BCUT2D eigenvalue weighted by molar-refractivity contribution is 5.72. The largest absolute Gasteiger partial charge is 0.480 e. The van der Waals surface area contributed by atoms with Crippen LogP contribution in [0.2, 0.25) is 0 Å². The van der Waals surface area contributed by atoms with Crippen LogP contribution in [0.15, 0.2) is 0 Å². The standard InChI is InChI=1S/C9H18N2O2/c1-6-5-11(7(2)4-10-6)8(3)9(12)13/h6-8,10H,4-5H2,1-3H3,(H,12,13). The predicted octanol–water partition coefficient (Wildman–Crippen LogP) is 0.142. The van der Waals surface area contributed by atoms with Crippen LogP contribution in [0.25, 0.3) is 0 Å². The lowest BCUT2D eigenvalue weighted by Crippen LogP contribution is -2.58. The van der Waals surface area contributed by atoms with Crippen molar-refractivity contribution in [3.8, 4) is 0 Å². The van der Waals surface area contributed by atoms with Gasteiger partial charge >= 0.3 is 5.97 Å². The smallest absolute Gasteiger partial charge is 0.320 e. The Morgan fingerprint density at radius 1 is 1.62 bits per heavy atom. The van der Waals surface area contributed by atoms with Crippen molar-refractivity contribution in [2.75, 3.05) is 13.1 Å². The summed E-state index contributed by atoms with van der Waals surface area (Å²) in [7, 11) is 0. The first-order valence-corrected chi connectivity index (χ1v) is 4.74. The molecular formula is C9H18N2O2. The Kier molecular flexibility index (Phi) is 3.27. The number of piperazine rings is 1. The third-order valence-electron chi connectivity index (χ3n) is 2.67. The van der Waals surface area contributed by atoms with Crippen LogP contribution in [0.1, 0.15) is 20.8 Å². The molecule has 0 saturated carbocycles. The number of nitrogens with zero attached hydrogens (tertiary/aromatic N) is 1. The summed E-state index contributed by atoms with van der Waals surface area (Å²) >= 11 is 0. The number of hydrogen-bond acceptors (Lipinski definition) is 3. The molecule has 1 rings (SSSR count). The molecule has 4 nitrogen and oxygen atoms in total. The maximum absolute atomic E-state index is 10.8. The van der Waals surface area contributed by atoms with Crippen LogP contribution in [0.3, 0.4) is 0 Å². The minimum absolute atomic E-state index is 0.308. The molecule has 1 aliphatic heterocycles. The predicted molar refractivity (Wildman–Crippen MR) is 50.7 cm³/mol. The Bertz CT molecular complexity index is 196. The van der Waals surface area contributed by atoms with Crippen molar-refractivity contribution in [2.45, 2.75) is 38.9 Å². The second-order valence-corrected chi connectivity index (χ2v) is 3.87. The normalized spacial score (nSPS) is 32.8. The van der Waals surface area contributed by atoms with Gasteiger partial charge in [0.2, 0.25) is 0 Å². The molecule has 0 spiro atoms. The van der Waals surface area contributed by atoms with Gasteiger partial charge in [0.15, 0.2) is 0 Å². The highest BCUT2D eigenvalue weighted by atomic mass is 16.4. The fourth-order valence-electron chi connectivity index (χ4n) is 1.73. The van der Waals surface area contributed by atoms with Crippen LogP contribution < -0.4 is 5.32 Å². The Hall–Kier alpha value is -0.610. The first kappa shape index (κ1) is 10.5. The highest BCUT2D eigenvalue weighted by Gasteiger charge is 2.29. The van der Waals surface area contributed by atoms with Gasteiger partial charge in [-0.1, -0.05) is 0 Å². The van der Waals surface area contributed by atoms with Gasteiger partial charge in [0, 0.05) is 25.2 Å². The van der Waals surface area contributed by atoms with Crippen molar-refractivity contribution in [1.29, 1.82) is 0 Å². The molecule has 4 heteroatoms. The average molecular weight is 186 g/mol. The first-order valence-electron chi connectivity index (χ1n) is 4.74. The summed E-state index contributed by atoms with van der Waals surface area (Å²) in [5.74, 6) is -0.735. The van der Waals surface area contributed by atoms with Crippen molar-refractivity contribution in [2.24, 2.45) is 0 Å². The molecule has 1 aliphatic rings. The van der Waals surface area contributed by atoms with E-state index in [9.17, 15) is 4.79 Å². The van der Waals surface area contributed by atoms with Gasteiger partial charge in [-0.05, 0) is 20.8 Å². The van der Waals surface area contributed by atoms with E-state index in [4.69, 9.17) is 5.11 Å². The van der Waals surface area contributed by atoms with E-state index in [1.807, 2.05) is 4.90 Å². The molecule has 3 atom stereocenters. The van der Waals surface area contributed by atoms with Crippen LogP contribution in [0, 0.1) is 0 Å². The van der Waals surface area contributed by atoms with Crippen LogP contribution >= 0.6 is 0 Å². The molecular weight excluding hydrogens is 168 g/mol. The first-order chi connectivity index (χ1) is 6.02. The zero-order valence-electron chi connectivity index (χ0n) is 8.45. The van der Waals surface area contributed by atoms with Gasteiger partial charge in [-0.25, -0.2) is 0 Å². The van der Waals surface area contributed by atoms with Crippen molar-refractivity contribution in [3.05, 3.63) is 0 Å². The van der Waals surface area contributed by atoms with Crippen LogP contribution in [0.5, 0.6) is 0 Å². The van der Waals surface area contributed by atoms with E-state index in [1.54, 1.807) is 6.92 Å². The molecule has 0 aromatic heterocycles. The molecule has 1 fully saturated rings. The van der Waals surface area contributed by atoms with Gasteiger partial charge in [-0.3, -0.25) is 9.69 Å². The fourth-order valence-corrected chi connectivity index (χ4v) is 1.73. The minimum Gasteiger partial charge on any atom is -0.480 e. The van der Waals surface area contributed by atoms with Gasteiger partial charge in [0.05, 0.1) is 0 Å². The Balaban J connectivity index is 2.60. The fraction of sp³-hybridized carbons (Fsp3) is 0.889. The van der Waals surface area contributed by atoms with Gasteiger partial charge in [-0.15, -0.1) is 0 Å². The van der Waals surface area contributed by atoms with Crippen LogP contribution in [0.4, 0.5) is 0 Å². The van der Waals surface area contributed by atoms with E-state index in [0.717, 1.165) is 13.1 Å². The van der Waals surface area contributed by atoms with E-state index in [0.29, 0.717) is 12.1 Å². The number of hydrogen-bond donors (Lipinski definition) is 2. The van der Waals surface area contributed by atoms with E-state index in [-0.39, 0.29) is 6.04 Å². The monoisotopic (exact) mass is 186 g/mol. The Labute approximate surface area is 78.9 Å². The van der Waals surface area contributed by atoms with Gasteiger partial charge < -0.3 is 10.4 Å². The number of carboxylic acid groups (broad SMARTS) is 1. The Morgan fingerprint density at radius 2 is 2.23 bits per heavy atom. The third-order valence-corrected chi connectivity index (χ3v) is 2.67. The Morgan fingerprint density at radius 3 is 2.77 bits per heavy atom. The summed E-state index contributed by atoms with van der Waals surface area (Å²) in [4.78, 5) is 12.8. The number of aliphatic carboxylic acids is 1. The summed E-state index contributed by atoms with van der Waals surface area (Å²) in [6.45, 7) is 7.57. The maximum atomic E-state index is 10.8. The zero-order chi connectivity index (χ0) is 10.0. The van der Waals surface area contributed by atoms with E-state index in [1.165, 1.54) is 0 Å². The third kappa shape index (κ3) is 2.42. The zero-order valence-corrected chi connectivity index (χ0v) is 8.45. The molecule has 1 saturated heterocycles. The molecule has 3 unspecified atom stereocenters. The quantitative estimate of drug-likeness (QED) is 0.644.